The number of nitrogens with one attached hydrogen (secondary N) is 2. The molecule has 7 nitrogen and oxygen atoms in total. The summed E-state index contributed by atoms with van der Waals surface area (Å²) in [7, 11) is 1.82. The summed E-state index contributed by atoms with van der Waals surface area (Å²) < 4.78 is 1.80. The number of amides is 2. The largest absolute Gasteiger partial charge is 0.342 e. The molecule has 1 heterocycles. The smallest absolute Gasteiger partial charge is 0.251 e. The Morgan fingerprint density at radius 2 is 1.73 bits per heavy atom. The number of carbonyl (C=O) groups is 2. The number of benzene rings is 2. The predicted octanol–water partition coefficient (Wildman–Crippen LogP) is 5.29. The number of halogens is 2. The fourth-order valence-corrected chi connectivity index (χ4v) is 4.23. The summed E-state index contributed by atoms with van der Waals surface area (Å²) in [5.41, 5.74) is 2.11. The van der Waals surface area contributed by atoms with E-state index >= 15 is 0 Å². The second kappa shape index (κ2) is 11.0. The maximum atomic E-state index is 12.7. The zero-order valence-electron chi connectivity index (χ0n) is 18.7. The quantitative estimate of drug-likeness (QED) is 0.406. The third kappa shape index (κ3) is 6.50. The van der Waals surface area contributed by atoms with Crippen LogP contribution < -0.4 is 10.6 Å². The molecule has 0 bridgehead atoms. The minimum Gasteiger partial charge on any atom is -0.342 e. The van der Waals surface area contributed by atoms with Crippen LogP contribution in [0, 0.1) is 12.8 Å². The first-order chi connectivity index (χ1) is 15.7. The Labute approximate surface area is 207 Å². The van der Waals surface area contributed by atoms with Crippen LogP contribution in [0.2, 0.25) is 10.0 Å². The summed E-state index contributed by atoms with van der Waals surface area (Å²) in [6.07, 6.45) is 0. The molecule has 0 spiro atoms. The van der Waals surface area contributed by atoms with Gasteiger partial charge in [-0.25, -0.2) is 0 Å². The molecule has 1 atom stereocenters. The van der Waals surface area contributed by atoms with Crippen LogP contribution in [0.25, 0.3) is 0 Å². The average Bonchev–Trinajstić information content (AvgIpc) is 3.12. The number of hydrogen-bond acceptors (Lipinski definition) is 5. The Morgan fingerprint density at radius 3 is 2.36 bits per heavy atom. The number of hydrogen-bond donors (Lipinski definition) is 2. The van der Waals surface area contributed by atoms with E-state index in [1.54, 1.807) is 47.0 Å². The highest BCUT2D eigenvalue weighted by molar-refractivity contribution is 7.99. The molecule has 174 valence electrons. The highest BCUT2D eigenvalue weighted by Crippen LogP contribution is 2.25. The molecule has 33 heavy (non-hydrogen) atoms. The van der Waals surface area contributed by atoms with Crippen molar-refractivity contribution in [1.82, 2.24) is 20.1 Å². The van der Waals surface area contributed by atoms with Crippen LogP contribution in [0.15, 0.2) is 47.6 Å². The standard InChI is InChI=1S/C23H25Cl2N5O2S/c1-13(2)20(27-22(32)15-5-7-16(24)8-6-15)21-28-29-23(30(21)4)33-12-19(31)26-18-10-9-17(25)11-14(18)3/h5-11,13,20H,12H2,1-4H3,(H,26,31)(H,27,32)/t20-/m1/s1. The summed E-state index contributed by atoms with van der Waals surface area (Å²) in [5.74, 6) is 0.464. The molecule has 0 aliphatic carbocycles. The predicted molar refractivity (Wildman–Crippen MR) is 133 cm³/mol. The van der Waals surface area contributed by atoms with E-state index in [9.17, 15) is 9.59 Å². The minimum atomic E-state index is -0.356. The van der Waals surface area contributed by atoms with Crippen molar-refractivity contribution in [3.8, 4) is 0 Å². The number of aryl methyl sites for hydroxylation is 1. The second-order valence-corrected chi connectivity index (χ2v) is 9.71. The van der Waals surface area contributed by atoms with Crippen molar-refractivity contribution in [3.63, 3.8) is 0 Å². The molecule has 0 aliphatic heterocycles. The lowest BCUT2D eigenvalue weighted by atomic mass is 10.0. The molecule has 0 saturated heterocycles. The lowest BCUT2D eigenvalue weighted by Crippen LogP contribution is -2.33. The Kier molecular flexibility index (Phi) is 8.40. The van der Waals surface area contributed by atoms with Crippen molar-refractivity contribution < 1.29 is 9.59 Å². The first kappa shape index (κ1) is 25.1. The van der Waals surface area contributed by atoms with E-state index in [-0.39, 0.29) is 29.5 Å². The maximum absolute atomic E-state index is 12.7. The summed E-state index contributed by atoms with van der Waals surface area (Å²) in [6, 6.07) is 11.6. The molecule has 2 amide bonds. The Morgan fingerprint density at radius 1 is 1.06 bits per heavy atom. The van der Waals surface area contributed by atoms with Gasteiger partial charge >= 0.3 is 0 Å². The number of carbonyl (C=O) groups excluding carboxylic acids is 2. The third-order valence-corrected chi connectivity index (χ3v) is 6.51. The Balaban J connectivity index is 1.66. The van der Waals surface area contributed by atoms with E-state index in [0.717, 1.165) is 5.56 Å². The molecule has 0 fully saturated rings. The van der Waals surface area contributed by atoms with Crippen molar-refractivity contribution >= 4 is 52.5 Å². The molecular weight excluding hydrogens is 481 g/mol. The van der Waals surface area contributed by atoms with Crippen molar-refractivity contribution in [2.75, 3.05) is 11.1 Å². The van der Waals surface area contributed by atoms with Gasteiger partial charge in [-0.1, -0.05) is 48.8 Å². The topological polar surface area (TPSA) is 88.9 Å². The normalized spacial score (nSPS) is 12.0. The van der Waals surface area contributed by atoms with Gasteiger partial charge in [0, 0.05) is 28.3 Å². The highest BCUT2D eigenvalue weighted by atomic mass is 35.5. The lowest BCUT2D eigenvalue weighted by molar-refractivity contribution is -0.113. The monoisotopic (exact) mass is 505 g/mol. The first-order valence-electron chi connectivity index (χ1n) is 10.3. The molecular formula is C23H25Cl2N5O2S. The van der Waals surface area contributed by atoms with Crippen molar-refractivity contribution in [3.05, 3.63) is 69.5 Å². The Bertz CT molecular complexity index is 1150. The van der Waals surface area contributed by atoms with E-state index in [1.807, 2.05) is 27.8 Å². The van der Waals surface area contributed by atoms with Crippen molar-refractivity contribution in [2.24, 2.45) is 13.0 Å². The van der Waals surface area contributed by atoms with E-state index in [0.29, 0.717) is 32.3 Å². The van der Waals surface area contributed by atoms with Crippen LogP contribution in [0.5, 0.6) is 0 Å². The molecule has 0 unspecified atom stereocenters. The molecule has 0 saturated carbocycles. The summed E-state index contributed by atoms with van der Waals surface area (Å²) in [6.45, 7) is 5.88. The van der Waals surface area contributed by atoms with E-state index in [1.165, 1.54) is 11.8 Å². The molecule has 0 aliphatic rings. The van der Waals surface area contributed by atoms with Crippen LogP contribution in [0.1, 0.15) is 41.6 Å². The molecule has 0 radical (unpaired) electrons. The van der Waals surface area contributed by atoms with Gasteiger partial charge in [0.2, 0.25) is 5.91 Å². The number of aromatic nitrogens is 3. The van der Waals surface area contributed by atoms with Gasteiger partial charge < -0.3 is 15.2 Å². The van der Waals surface area contributed by atoms with Crippen LogP contribution in [0.3, 0.4) is 0 Å². The fraction of sp³-hybridized carbons (Fsp3) is 0.304. The SMILES string of the molecule is Cc1cc(Cl)ccc1NC(=O)CSc1nnc([C@H](NC(=O)c2ccc(Cl)cc2)C(C)C)n1C. The summed E-state index contributed by atoms with van der Waals surface area (Å²) in [4.78, 5) is 25.1. The van der Waals surface area contributed by atoms with Crippen LogP contribution >= 0.6 is 35.0 Å². The molecule has 3 aromatic rings. The summed E-state index contributed by atoms with van der Waals surface area (Å²) >= 11 is 13.2. The van der Waals surface area contributed by atoms with Crippen LogP contribution in [-0.4, -0.2) is 32.3 Å². The van der Waals surface area contributed by atoms with Gasteiger partial charge in [-0.3, -0.25) is 9.59 Å². The number of rotatable bonds is 8. The van der Waals surface area contributed by atoms with Gasteiger partial charge in [0.15, 0.2) is 11.0 Å². The first-order valence-corrected chi connectivity index (χ1v) is 12.0. The molecule has 2 aromatic carbocycles. The zero-order valence-corrected chi connectivity index (χ0v) is 21.1. The van der Waals surface area contributed by atoms with Crippen molar-refractivity contribution in [1.29, 1.82) is 0 Å². The second-order valence-electron chi connectivity index (χ2n) is 7.90. The number of nitrogens with zero attached hydrogens (tertiary/aromatic N) is 3. The van der Waals surface area contributed by atoms with Gasteiger partial charge in [0.05, 0.1) is 11.8 Å². The van der Waals surface area contributed by atoms with Crippen LogP contribution in [-0.2, 0) is 11.8 Å². The van der Waals surface area contributed by atoms with Crippen LogP contribution in [0.4, 0.5) is 5.69 Å². The van der Waals surface area contributed by atoms with E-state index in [2.05, 4.69) is 20.8 Å². The number of anilines is 1. The average molecular weight is 506 g/mol. The van der Waals surface area contributed by atoms with E-state index < -0.39 is 0 Å². The van der Waals surface area contributed by atoms with Gasteiger partial charge in [0.25, 0.3) is 5.91 Å². The third-order valence-electron chi connectivity index (χ3n) is 5.00. The zero-order chi connectivity index (χ0) is 24.1. The summed E-state index contributed by atoms with van der Waals surface area (Å²) in [5, 5.41) is 16.2. The lowest BCUT2D eigenvalue weighted by Gasteiger charge is -2.21. The molecule has 3 rings (SSSR count). The maximum Gasteiger partial charge on any atom is 0.251 e. The fourth-order valence-electron chi connectivity index (χ4n) is 3.16. The highest BCUT2D eigenvalue weighted by Gasteiger charge is 2.25. The number of thioether (sulfide) groups is 1. The van der Waals surface area contributed by atoms with Gasteiger partial charge in [-0.2, -0.15) is 0 Å². The van der Waals surface area contributed by atoms with Gasteiger partial charge in [-0.05, 0) is 60.9 Å². The van der Waals surface area contributed by atoms with Gasteiger partial charge in [-0.15, -0.1) is 10.2 Å². The molecule has 2 N–H and O–H groups in total. The van der Waals surface area contributed by atoms with Gasteiger partial charge in [0.1, 0.15) is 0 Å². The molecule has 10 heteroatoms. The van der Waals surface area contributed by atoms with E-state index in [4.69, 9.17) is 23.2 Å². The Hall–Kier alpha value is -2.55. The minimum absolute atomic E-state index is 0.0678. The van der Waals surface area contributed by atoms with Crippen molar-refractivity contribution in [2.45, 2.75) is 32.0 Å². The molecule has 1 aromatic heterocycles.